The molecule has 2 aliphatic carbocycles. The van der Waals surface area contributed by atoms with Crippen LogP contribution in [0.5, 0.6) is 0 Å². The number of aromatic amines is 1. The lowest BCUT2D eigenvalue weighted by Gasteiger charge is -2.24. The molecule has 1 aromatic heterocycles. The molecule has 9 nitrogen and oxygen atoms in total. The van der Waals surface area contributed by atoms with Gasteiger partial charge in [-0.05, 0) is 64.0 Å². The van der Waals surface area contributed by atoms with E-state index < -0.39 is 34.7 Å². The van der Waals surface area contributed by atoms with E-state index in [9.17, 15) is 27.6 Å². The Morgan fingerprint density at radius 2 is 2.02 bits per heavy atom. The molecule has 1 aliphatic heterocycles. The first-order chi connectivity index (χ1) is 18.8. The maximum Gasteiger partial charge on any atom is 0.418 e. The van der Waals surface area contributed by atoms with Crippen LogP contribution in [0.2, 0.25) is 5.02 Å². The van der Waals surface area contributed by atoms with E-state index in [4.69, 9.17) is 16.3 Å². The summed E-state index contributed by atoms with van der Waals surface area (Å²) in [5.41, 5.74) is -0.863. The summed E-state index contributed by atoms with van der Waals surface area (Å²) >= 11 is 6.21. The first-order valence-electron chi connectivity index (χ1n) is 13.4. The molecule has 1 unspecified atom stereocenters. The molecule has 1 saturated heterocycles. The number of hydrogen-bond donors (Lipinski definition) is 3. The zero-order valence-electron chi connectivity index (χ0n) is 22.2. The van der Waals surface area contributed by atoms with E-state index in [-0.39, 0.29) is 53.5 Å². The van der Waals surface area contributed by atoms with Crippen molar-refractivity contribution >= 4 is 41.0 Å². The zero-order valence-corrected chi connectivity index (χ0v) is 22.9. The van der Waals surface area contributed by atoms with E-state index in [1.54, 1.807) is 6.07 Å². The second-order valence-corrected chi connectivity index (χ2v) is 11.5. The second-order valence-electron chi connectivity index (χ2n) is 11.2. The van der Waals surface area contributed by atoms with E-state index in [2.05, 4.69) is 20.8 Å². The van der Waals surface area contributed by atoms with E-state index in [1.165, 1.54) is 24.0 Å². The minimum absolute atomic E-state index is 0.0112. The van der Waals surface area contributed by atoms with Crippen LogP contribution in [0.4, 0.5) is 29.5 Å². The Hall–Kier alpha value is -3.28. The van der Waals surface area contributed by atoms with Crippen LogP contribution in [0, 0.1) is 0 Å². The predicted octanol–water partition coefficient (Wildman–Crippen LogP) is 5.87. The van der Waals surface area contributed by atoms with Crippen LogP contribution in [0.3, 0.4) is 0 Å². The van der Waals surface area contributed by atoms with Crippen LogP contribution < -0.4 is 15.5 Å². The van der Waals surface area contributed by atoms with Crippen molar-refractivity contribution in [1.29, 1.82) is 0 Å². The monoisotopic (exact) mass is 581 g/mol. The Labute approximate surface area is 234 Å². The third-order valence-electron chi connectivity index (χ3n) is 8.01. The number of amides is 3. The van der Waals surface area contributed by atoms with Gasteiger partial charge in [-0.2, -0.15) is 18.3 Å². The Morgan fingerprint density at radius 3 is 2.67 bits per heavy atom. The quantitative estimate of drug-likeness (QED) is 0.378. The molecule has 216 valence electrons. The largest absolute Gasteiger partial charge is 0.446 e. The van der Waals surface area contributed by atoms with Gasteiger partial charge in [0.15, 0.2) is 5.82 Å². The smallest absolute Gasteiger partial charge is 0.418 e. The van der Waals surface area contributed by atoms with Crippen LogP contribution in [0.15, 0.2) is 18.2 Å². The summed E-state index contributed by atoms with van der Waals surface area (Å²) in [5.74, 6) is -1.99. The number of rotatable bonds is 7. The van der Waals surface area contributed by atoms with Gasteiger partial charge in [0.1, 0.15) is 6.10 Å². The fourth-order valence-electron chi connectivity index (χ4n) is 5.40. The van der Waals surface area contributed by atoms with Gasteiger partial charge < -0.3 is 20.3 Å². The fraction of sp³-hybridized carbons (Fsp3) is 0.556. The highest BCUT2D eigenvalue weighted by Gasteiger charge is 2.42. The number of anilines is 2. The highest BCUT2D eigenvalue weighted by Crippen LogP contribution is 2.45. The molecule has 0 radical (unpaired) electrons. The van der Waals surface area contributed by atoms with E-state index in [0.29, 0.717) is 19.3 Å². The molecule has 5 rings (SSSR count). The van der Waals surface area contributed by atoms with Crippen molar-refractivity contribution in [3.05, 3.63) is 40.0 Å². The summed E-state index contributed by atoms with van der Waals surface area (Å²) < 4.78 is 47.9. The number of benzene rings is 1. The molecule has 3 amide bonds. The standard InChI is InChI=1S/C27H31ClF3N5O4/c1-14(17-7-8-19(36-11-3-4-21(36)37)23(28)22(17)27(29,30)31)24(38)32-20-13-18(34-35-20)15-5-6-16(12-15)40-25(39)33-26(2)9-10-26/h7-8,13-16H,3-6,9-12H2,1-2H3,(H,33,39)(H2,32,34,35,38)/t14?,15-,16-/m1/s1. The van der Waals surface area contributed by atoms with Gasteiger partial charge in [-0.25, -0.2) is 4.79 Å². The first-order valence-corrected chi connectivity index (χ1v) is 13.8. The lowest BCUT2D eigenvalue weighted by molar-refractivity contribution is -0.138. The number of hydrogen-bond acceptors (Lipinski definition) is 5. The molecule has 2 heterocycles. The van der Waals surface area contributed by atoms with Crippen molar-refractivity contribution in [1.82, 2.24) is 15.5 Å². The van der Waals surface area contributed by atoms with Crippen LogP contribution in [-0.4, -0.2) is 46.3 Å². The molecular formula is C27H31ClF3N5O4. The molecule has 0 spiro atoms. The van der Waals surface area contributed by atoms with E-state index in [0.717, 1.165) is 25.0 Å². The van der Waals surface area contributed by atoms with Gasteiger partial charge in [-0.3, -0.25) is 14.7 Å². The van der Waals surface area contributed by atoms with E-state index >= 15 is 0 Å². The van der Waals surface area contributed by atoms with Crippen molar-refractivity contribution in [3.8, 4) is 0 Å². The Kier molecular flexibility index (Phi) is 7.49. The Balaban J connectivity index is 1.24. The molecule has 3 aliphatic rings. The number of carbonyl (C=O) groups excluding carboxylic acids is 3. The maximum absolute atomic E-state index is 14.1. The van der Waals surface area contributed by atoms with Crippen molar-refractivity contribution in [2.45, 2.75) is 88.4 Å². The number of halogens is 4. The molecule has 3 fully saturated rings. The second kappa shape index (κ2) is 10.6. The van der Waals surface area contributed by atoms with Gasteiger partial charge in [-0.1, -0.05) is 17.7 Å². The zero-order chi connectivity index (χ0) is 28.8. The van der Waals surface area contributed by atoms with E-state index in [1.807, 2.05) is 6.92 Å². The molecule has 2 aromatic rings. The minimum atomic E-state index is -4.84. The van der Waals surface area contributed by atoms with Gasteiger partial charge in [0.2, 0.25) is 11.8 Å². The number of aromatic nitrogens is 2. The van der Waals surface area contributed by atoms with Gasteiger partial charge in [0, 0.05) is 36.2 Å². The third-order valence-corrected chi connectivity index (χ3v) is 8.39. The SMILES string of the molecule is CC(C(=O)Nc1cc([C@@H]2CC[C@@H](OC(=O)NC3(C)CC3)C2)[nH]n1)c1ccc(N2CCCC2=O)c(Cl)c1C(F)(F)F. The predicted molar refractivity (Wildman–Crippen MR) is 141 cm³/mol. The lowest BCUT2D eigenvalue weighted by Crippen LogP contribution is -2.36. The molecule has 3 N–H and O–H groups in total. The molecule has 13 heteroatoms. The van der Waals surface area contributed by atoms with Crippen LogP contribution in [0.1, 0.15) is 87.4 Å². The van der Waals surface area contributed by atoms with Crippen molar-refractivity contribution in [2.24, 2.45) is 0 Å². The number of nitrogens with one attached hydrogen (secondary N) is 3. The molecular weight excluding hydrogens is 551 g/mol. The highest BCUT2D eigenvalue weighted by molar-refractivity contribution is 6.35. The first kappa shape index (κ1) is 28.3. The number of carbonyl (C=O) groups is 3. The Morgan fingerprint density at radius 1 is 1.27 bits per heavy atom. The highest BCUT2D eigenvalue weighted by atomic mass is 35.5. The third kappa shape index (κ3) is 5.91. The van der Waals surface area contributed by atoms with Gasteiger partial charge in [-0.15, -0.1) is 0 Å². The minimum Gasteiger partial charge on any atom is -0.446 e. The number of nitrogens with zero attached hydrogens (tertiary/aromatic N) is 2. The summed E-state index contributed by atoms with van der Waals surface area (Å²) in [6.07, 6.45) is -0.818. The number of ether oxygens (including phenoxy) is 1. The average Bonchev–Trinajstić information content (AvgIpc) is 3.28. The van der Waals surface area contributed by atoms with Crippen molar-refractivity contribution in [3.63, 3.8) is 0 Å². The van der Waals surface area contributed by atoms with Crippen LogP contribution >= 0.6 is 11.6 Å². The lowest BCUT2D eigenvalue weighted by atomic mass is 9.93. The van der Waals surface area contributed by atoms with Gasteiger partial charge in [0.25, 0.3) is 0 Å². The number of H-pyrrole nitrogens is 1. The summed E-state index contributed by atoms with van der Waals surface area (Å²) in [6, 6.07) is 4.20. The molecule has 40 heavy (non-hydrogen) atoms. The summed E-state index contributed by atoms with van der Waals surface area (Å²) in [6.45, 7) is 3.61. The molecule has 0 bridgehead atoms. The van der Waals surface area contributed by atoms with Crippen LogP contribution in [-0.2, 0) is 20.5 Å². The number of alkyl carbamates (subject to hydrolysis) is 1. The Bertz CT molecular complexity index is 1330. The van der Waals surface area contributed by atoms with Crippen molar-refractivity contribution in [2.75, 3.05) is 16.8 Å². The van der Waals surface area contributed by atoms with Crippen LogP contribution in [0.25, 0.3) is 0 Å². The van der Waals surface area contributed by atoms with Gasteiger partial charge >= 0.3 is 12.3 Å². The summed E-state index contributed by atoms with van der Waals surface area (Å²) in [4.78, 5) is 38.5. The fourth-order valence-corrected chi connectivity index (χ4v) is 5.78. The summed E-state index contributed by atoms with van der Waals surface area (Å²) in [7, 11) is 0. The average molecular weight is 582 g/mol. The van der Waals surface area contributed by atoms with Crippen molar-refractivity contribution < 1.29 is 32.3 Å². The topological polar surface area (TPSA) is 116 Å². The normalized spacial score (nSPS) is 22.8. The molecule has 3 atom stereocenters. The number of alkyl halides is 3. The van der Waals surface area contributed by atoms with Gasteiger partial charge in [0.05, 0.1) is 22.2 Å². The summed E-state index contributed by atoms with van der Waals surface area (Å²) in [5, 5.41) is 11.9. The molecule has 2 saturated carbocycles. The maximum atomic E-state index is 14.1. The molecule has 1 aromatic carbocycles.